The number of esters is 1. The van der Waals surface area contributed by atoms with E-state index in [1.54, 1.807) is 11.8 Å². The first kappa shape index (κ1) is 35.0. The lowest BCUT2D eigenvalue weighted by molar-refractivity contribution is -0.145. The third kappa shape index (κ3) is 7.48. The molecule has 8 heteroatoms. The van der Waals surface area contributed by atoms with Crippen LogP contribution in [-0.2, 0) is 19.0 Å². The van der Waals surface area contributed by atoms with Gasteiger partial charge in [-0.3, -0.25) is 4.79 Å². The Morgan fingerprint density at radius 1 is 0.740 bits per heavy atom. The van der Waals surface area contributed by atoms with Crippen LogP contribution in [0.15, 0.2) is 140 Å². The summed E-state index contributed by atoms with van der Waals surface area (Å²) < 4.78 is 10.3. The molecule has 0 spiro atoms. The molecule has 5 aromatic carbocycles. The molecule has 50 heavy (non-hydrogen) atoms. The van der Waals surface area contributed by atoms with Gasteiger partial charge in [0.1, 0.15) is 12.6 Å². The SMILES string of the molecule is COC(=O)C(NC[C@@H](CSC(c1ccccc1)(c1ccccc1)c1ccccc1)NC(=O)OCC1c2ccccc2-c2ccccc21)C(C)O. The highest BCUT2D eigenvalue weighted by Gasteiger charge is 2.38. The maximum atomic E-state index is 13.6. The van der Waals surface area contributed by atoms with Crippen LogP contribution in [0.1, 0.15) is 40.7 Å². The Labute approximate surface area is 298 Å². The molecular formula is C42H42N2O5S. The molecule has 0 aliphatic heterocycles. The summed E-state index contributed by atoms with van der Waals surface area (Å²) in [4.78, 5) is 26.2. The van der Waals surface area contributed by atoms with Crippen LogP contribution in [0.5, 0.6) is 0 Å². The summed E-state index contributed by atoms with van der Waals surface area (Å²) in [5.74, 6) is -0.233. The van der Waals surface area contributed by atoms with E-state index in [1.807, 2.05) is 78.9 Å². The molecule has 0 bridgehead atoms. The number of aliphatic hydroxyl groups excluding tert-OH is 1. The molecule has 1 aliphatic rings. The van der Waals surface area contributed by atoms with Crippen molar-refractivity contribution in [1.29, 1.82) is 0 Å². The lowest BCUT2D eigenvalue weighted by atomic mass is 9.84. The van der Waals surface area contributed by atoms with Crippen LogP contribution in [0.25, 0.3) is 11.1 Å². The molecule has 0 saturated carbocycles. The molecule has 2 unspecified atom stereocenters. The number of aliphatic hydroxyl groups is 1. The van der Waals surface area contributed by atoms with Crippen LogP contribution in [0.4, 0.5) is 4.79 Å². The summed E-state index contributed by atoms with van der Waals surface area (Å²) in [5, 5.41) is 16.6. The number of ether oxygens (including phenoxy) is 2. The normalized spacial score (nSPS) is 14.1. The minimum absolute atomic E-state index is 0.0834. The number of fused-ring (bicyclic) bond motifs is 3. The summed E-state index contributed by atoms with van der Waals surface area (Å²) >= 11 is 1.69. The Bertz CT molecular complexity index is 1730. The van der Waals surface area contributed by atoms with Gasteiger partial charge in [0.25, 0.3) is 0 Å². The minimum Gasteiger partial charge on any atom is -0.468 e. The number of hydrogen-bond acceptors (Lipinski definition) is 7. The number of rotatable bonds is 14. The predicted molar refractivity (Wildman–Crippen MR) is 199 cm³/mol. The summed E-state index contributed by atoms with van der Waals surface area (Å²) in [6.07, 6.45) is -1.57. The van der Waals surface area contributed by atoms with Gasteiger partial charge in [0.05, 0.1) is 24.0 Å². The monoisotopic (exact) mass is 686 g/mol. The Balaban J connectivity index is 1.28. The topological polar surface area (TPSA) is 96.9 Å². The third-order valence-electron chi connectivity index (χ3n) is 9.23. The van der Waals surface area contributed by atoms with Crippen molar-refractivity contribution in [1.82, 2.24) is 10.6 Å². The number of thioether (sulfide) groups is 1. The first-order valence-corrected chi connectivity index (χ1v) is 17.8. The van der Waals surface area contributed by atoms with Gasteiger partial charge in [-0.2, -0.15) is 0 Å². The molecule has 5 aromatic rings. The number of methoxy groups -OCH3 is 1. The molecule has 6 rings (SSSR count). The Kier molecular flexibility index (Phi) is 11.3. The van der Waals surface area contributed by atoms with Crippen molar-refractivity contribution < 1.29 is 24.2 Å². The number of nitrogens with one attached hydrogen (secondary N) is 2. The van der Waals surface area contributed by atoms with Crippen molar-refractivity contribution in [2.75, 3.05) is 26.0 Å². The lowest BCUT2D eigenvalue weighted by Crippen LogP contribution is -2.52. The first-order valence-electron chi connectivity index (χ1n) is 16.8. The number of benzene rings is 5. The standard InChI is InChI=1S/C42H42N2O5S/c1-29(45)39(40(46)48-2)43-26-33(44-41(47)49-27-38-36-24-14-12-22-34(36)35-23-13-15-25-37(35)38)28-50-42(30-16-6-3-7-17-30,31-18-8-4-9-19-31)32-20-10-5-11-21-32/h3-25,29,33,38-39,43,45H,26-28H2,1-2H3,(H,44,47)/t29?,33-,39?/m0/s1. The van der Waals surface area contributed by atoms with E-state index in [0.717, 1.165) is 38.9 Å². The minimum atomic E-state index is -1.01. The number of amides is 1. The lowest BCUT2D eigenvalue weighted by Gasteiger charge is -2.37. The van der Waals surface area contributed by atoms with Crippen LogP contribution < -0.4 is 10.6 Å². The molecule has 1 amide bonds. The van der Waals surface area contributed by atoms with E-state index < -0.39 is 35.0 Å². The molecule has 0 fully saturated rings. The number of hydrogen-bond donors (Lipinski definition) is 3. The molecular weight excluding hydrogens is 645 g/mol. The van der Waals surface area contributed by atoms with Gasteiger partial charge in [-0.25, -0.2) is 4.79 Å². The maximum Gasteiger partial charge on any atom is 0.407 e. The molecule has 0 radical (unpaired) electrons. The summed E-state index contributed by atoms with van der Waals surface area (Å²) in [7, 11) is 1.29. The zero-order chi connectivity index (χ0) is 34.9. The molecule has 3 atom stereocenters. The van der Waals surface area contributed by atoms with E-state index in [9.17, 15) is 14.7 Å². The highest BCUT2D eigenvalue weighted by atomic mass is 32.2. The van der Waals surface area contributed by atoms with Gasteiger partial charge in [0.15, 0.2) is 0 Å². The zero-order valence-electron chi connectivity index (χ0n) is 28.2. The van der Waals surface area contributed by atoms with Gasteiger partial charge in [-0.1, -0.05) is 140 Å². The molecule has 256 valence electrons. The Morgan fingerprint density at radius 2 is 1.20 bits per heavy atom. The molecule has 0 aromatic heterocycles. The highest BCUT2D eigenvalue weighted by molar-refractivity contribution is 8.00. The van der Waals surface area contributed by atoms with Crippen molar-refractivity contribution in [2.45, 2.75) is 35.8 Å². The number of carbonyl (C=O) groups excluding carboxylic acids is 2. The fourth-order valence-corrected chi connectivity index (χ4v) is 8.36. The zero-order valence-corrected chi connectivity index (χ0v) is 29.0. The van der Waals surface area contributed by atoms with Crippen molar-refractivity contribution in [3.05, 3.63) is 167 Å². The van der Waals surface area contributed by atoms with Crippen molar-refractivity contribution in [2.24, 2.45) is 0 Å². The van der Waals surface area contributed by atoms with Crippen LogP contribution in [0.2, 0.25) is 0 Å². The van der Waals surface area contributed by atoms with Gasteiger partial charge in [0, 0.05) is 18.2 Å². The second kappa shape index (κ2) is 16.2. The van der Waals surface area contributed by atoms with Crippen LogP contribution >= 0.6 is 11.8 Å². The van der Waals surface area contributed by atoms with Crippen molar-refractivity contribution >= 4 is 23.8 Å². The highest BCUT2D eigenvalue weighted by Crippen LogP contribution is 2.49. The molecule has 1 aliphatic carbocycles. The quantitative estimate of drug-likeness (QED) is 0.0845. The summed E-state index contributed by atoms with van der Waals surface area (Å²) in [5.41, 5.74) is 7.84. The molecule has 0 saturated heterocycles. The van der Waals surface area contributed by atoms with Crippen LogP contribution in [0.3, 0.4) is 0 Å². The average molecular weight is 687 g/mol. The first-order chi connectivity index (χ1) is 24.4. The summed E-state index contributed by atoms with van der Waals surface area (Å²) in [6, 6.07) is 45.9. The second-order valence-corrected chi connectivity index (χ2v) is 13.6. The predicted octanol–water partition coefficient (Wildman–Crippen LogP) is 7.13. The number of alkyl carbamates (subject to hydrolysis) is 1. The molecule has 7 nitrogen and oxygen atoms in total. The average Bonchev–Trinajstić information content (AvgIpc) is 3.48. The van der Waals surface area contributed by atoms with E-state index in [2.05, 4.69) is 71.3 Å². The smallest absolute Gasteiger partial charge is 0.407 e. The van der Waals surface area contributed by atoms with E-state index in [4.69, 9.17) is 9.47 Å². The van der Waals surface area contributed by atoms with E-state index >= 15 is 0 Å². The van der Waals surface area contributed by atoms with Crippen molar-refractivity contribution in [3.8, 4) is 11.1 Å². The summed E-state index contributed by atoms with van der Waals surface area (Å²) in [6.45, 7) is 1.88. The van der Waals surface area contributed by atoms with Crippen molar-refractivity contribution in [3.63, 3.8) is 0 Å². The van der Waals surface area contributed by atoms with Gasteiger partial charge in [0.2, 0.25) is 0 Å². The Hall–Kier alpha value is -4.89. The van der Waals surface area contributed by atoms with Gasteiger partial charge < -0.3 is 25.2 Å². The second-order valence-electron chi connectivity index (χ2n) is 12.4. The Morgan fingerprint density at radius 3 is 1.66 bits per heavy atom. The van der Waals surface area contributed by atoms with Gasteiger partial charge in [-0.05, 0) is 45.9 Å². The fraction of sp³-hybridized carbons (Fsp3) is 0.238. The van der Waals surface area contributed by atoms with Crippen LogP contribution in [0, 0.1) is 0 Å². The fourth-order valence-electron chi connectivity index (χ4n) is 6.80. The molecule has 0 heterocycles. The van der Waals surface area contributed by atoms with E-state index in [1.165, 1.54) is 14.0 Å². The molecule has 3 N–H and O–H groups in total. The van der Waals surface area contributed by atoms with Crippen LogP contribution in [-0.4, -0.2) is 61.4 Å². The van der Waals surface area contributed by atoms with Gasteiger partial charge >= 0.3 is 12.1 Å². The van der Waals surface area contributed by atoms with E-state index in [0.29, 0.717) is 5.75 Å². The van der Waals surface area contributed by atoms with E-state index in [-0.39, 0.29) is 19.1 Å². The maximum absolute atomic E-state index is 13.6. The van der Waals surface area contributed by atoms with Gasteiger partial charge in [-0.15, -0.1) is 11.8 Å². The number of carbonyl (C=O) groups is 2. The largest absolute Gasteiger partial charge is 0.468 e. The third-order valence-corrected chi connectivity index (χ3v) is 10.9.